The van der Waals surface area contributed by atoms with Gasteiger partial charge in [-0.05, 0) is 55.8 Å². The van der Waals surface area contributed by atoms with Crippen LogP contribution in [0.2, 0.25) is 5.02 Å². The Kier molecular flexibility index (Phi) is 4.70. The highest BCUT2D eigenvalue weighted by molar-refractivity contribution is 6.34. The SMILES string of the molecule is CCOc1ccc(C(=O)Nc2c(C)cc(N)cc2Cl)cc1. The second-order valence-corrected chi connectivity index (χ2v) is 5.01. The van der Waals surface area contributed by atoms with Gasteiger partial charge in [-0.3, -0.25) is 4.79 Å². The van der Waals surface area contributed by atoms with Crippen molar-refractivity contribution in [3.8, 4) is 5.75 Å². The van der Waals surface area contributed by atoms with Gasteiger partial charge in [-0.1, -0.05) is 11.6 Å². The maximum atomic E-state index is 12.2. The van der Waals surface area contributed by atoms with E-state index in [1.54, 1.807) is 36.4 Å². The molecule has 2 aromatic rings. The Bertz CT molecular complexity index is 631. The minimum Gasteiger partial charge on any atom is -0.494 e. The molecular weight excluding hydrogens is 288 g/mol. The third-order valence-electron chi connectivity index (χ3n) is 2.98. The van der Waals surface area contributed by atoms with Gasteiger partial charge in [0.1, 0.15) is 5.75 Å². The quantitative estimate of drug-likeness (QED) is 0.842. The molecular formula is C16H17ClN2O2. The first-order valence-electron chi connectivity index (χ1n) is 6.61. The highest BCUT2D eigenvalue weighted by Gasteiger charge is 2.11. The lowest BCUT2D eigenvalue weighted by atomic mass is 10.1. The number of ether oxygens (including phenoxy) is 1. The summed E-state index contributed by atoms with van der Waals surface area (Å²) < 4.78 is 5.34. The van der Waals surface area contributed by atoms with Crippen molar-refractivity contribution >= 4 is 28.9 Å². The van der Waals surface area contributed by atoms with Crippen LogP contribution < -0.4 is 15.8 Å². The van der Waals surface area contributed by atoms with Crippen LogP contribution in [-0.2, 0) is 0 Å². The first-order valence-corrected chi connectivity index (χ1v) is 6.99. The number of nitrogen functional groups attached to an aromatic ring is 1. The summed E-state index contributed by atoms with van der Waals surface area (Å²) in [6.07, 6.45) is 0. The van der Waals surface area contributed by atoms with Gasteiger partial charge in [-0.15, -0.1) is 0 Å². The number of carbonyl (C=O) groups is 1. The molecule has 1 amide bonds. The molecule has 110 valence electrons. The van der Waals surface area contributed by atoms with Crippen molar-refractivity contribution in [2.75, 3.05) is 17.7 Å². The number of amides is 1. The van der Waals surface area contributed by atoms with Crippen LogP contribution in [0.4, 0.5) is 11.4 Å². The van der Waals surface area contributed by atoms with E-state index >= 15 is 0 Å². The van der Waals surface area contributed by atoms with Crippen molar-refractivity contribution in [3.05, 3.63) is 52.5 Å². The molecule has 0 radical (unpaired) electrons. The Morgan fingerprint density at radius 1 is 1.29 bits per heavy atom. The third-order valence-corrected chi connectivity index (χ3v) is 3.27. The number of aryl methyl sites for hydroxylation is 1. The summed E-state index contributed by atoms with van der Waals surface area (Å²) in [5.74, 6) is 0.503. The molecule has 21 heavy (non-hydrogen) atoms. The van der Waals surface area contributed by atoms with Gasteiger partial charge in [0.2, 0.25) is 0 Å². The van der Waals surface area contributed by atoms with Gasteiger partial charge >= 0.3 is 0 Å². The summed E-state index contributed by atoms with van der Waals surface area (Å²) in [5, 5.41) is 3.23. The zero-order chi connectivity index (χ0) is 15.4. The van der Waals surface area contributed by atoms with Crippen molar-refractivity contribution in [2.24, 2.45) is 0 Å². The lowest BCUT2D eigenvalue weighted by molar-refractivity contribution is 0.102. The Morgan fingerprint density at radius 2 is 1.95 bits per heavy atom. The summed E-state index contributed by atoms with van der Waals surface area (Å²) in [4.78, 5) is 12.2. The summed E-state index contributed by atoms with van der Waals surface area (Å²) in [6.45, 7) is 4.34. The van der Waals surface area contributed by atoms with Crippen LogP contribution in [0.15, 0.2) is 36.4 Å². The highest BCUT2D eigenvalue weighted by atomic mass is 35.5. The topological polar surface area (TPSA) is 64.3 Å². The van der Waals surface area contributed by atoms with Crippen LogP contribution in [0.5, 0.6) is 5.75 Å². The van der Waals surface area contributed by atoms with Crippen LogP contribution in [0.1, 0.15) is 22.8 Å². The van der Waals surface area contributed by atoms with Crippen molar-refractivity contribution in [1.82, 2.24) is 0 Å². The molecule has 0 fully saturated rings. The Morgan fingerprint density at radius 3 is 2.52 bits per heavy atom. The lowest BCUT2D eigenvalue weighted by Crippen LogP contribution is -2.13. The fourth-order valence-corrected chi connectivity index (χ4v) is 2.31. The largest absolute Gasteiger partial charge is 0.494 e. The van der Waals surface area contributed by atoms with Crippen LogP contribution in [0.25, 0.3) is 0 Å². The van der Waals surface area contributed by atoms with E-state index in [0.717, 1.165) is 11.3 Å². The lowest BCUT2D eigenvalue weighted by Gasteiger charge is -2.12. The Labute approximate surface area is 128 Å². The number of hydrogen-bond acceptors (Lipinski definition) is 3. The summed E-state index contributed by atoms with van der Waals surface area (Å²) in [6, 6.07) is 10.3. The van der Waals surface area contributed by atoms with E-state index in [-0.39, 0.29) is 5.91 Å². The van der Waals surface area contributed by atoms with Crippen LogP contribution >= 0.6 is 11.6 Å². The molecule has 0 bridgehead atoms. The van der Waals surface area contributed by atoms with Gasteiger partial charge in [0, 0.05) is 11.3 Å². The number of halogens is 1. The summed E-state index contributed by atoms with van der Waals surface area (Å²) in [7, 11) is 0. The first-order chi connectivity index (χ1) is 10.0. The molecule has 0 aliphatic rings. The van der Waals surface area contributed by atoms with E-state index in [1.165, 1.54) is 0 Å². The molecule has 0 heterocycles. The highest BCUT2D eigenvalue weighted by Crippen LogP contribution is 2.29. The smallest absolute Gasteiger partial charge is 0.255 e. The van der Waals surface area contributed by atoms with Gasteiger partial charge in [0.25, 0.3) is 5.91 Å². The normalized spacial score (nSPS) is 10.2. The van der Waals surface area contributed by atoms with E-state index < -0.39 is 0 Å². The Balaban J connectivity index is 2.18. The number of benzene rings is 2. The molecule has 2 rings (SSSR count). The molecule has 4 nitrogen and oxygen atoms in total. The predicted octanol–water partition coefficient (Wildman–Crippen LogP) is 3.88. The van der Waals surface area contributed by atoms with Crippen molar-refractivity contribution < 1.29 is 9.53 Å². The molecule has 5 heteroatoms. The summed E-state index contributed by atoms with van der Waals surface area (Å²) >= 11 is 6.12. The van der Waals surface area contributed by atoms with Gasteiger partial charge in [-0.25, -0.2) is 0 Å². The van der Waals surface area contributed by atoms with E-state index in [4.69, 9.17) is 22.1 Å². The third kappa shape index (κ3) is 3.67. The first kappa shape index (κ1) is 15.2. The molecule has 0 spiro atoms. The van der Waals surface area contributed by atoms with Crippen LogP contribution in [-0.4, -0.2) is 12.5 Å². The second-order valence-electron chi connectivity index (χ2n) is 4.61. The van der Waals surface area contributed by atoms with Gasteiger partial charge < -0.3 is 15.8 Å². The molecule has 0 aromatic heterocycles. The Hall–Kier alpha value is -2.20. The van der Waals surface area contributed by atoms with E-state index in [1.807, 2.05) is 13.8 Å². The van der Waals surface area contributed by atoms with Crippen molar-refractivity contribution in [3.63, 3.8) is 0 Å². The van der Waals surface area contributed by atoms with E-state index in [9.17, 15) is 4.79 Å². The van der Waals surface area contributed by atoms with Gasteiger partial charge in [0.15, 0.2) is 0 Å². The number of anilines is 2. The minimum atomic E-state index is -0.229. The molecule has 2 aromatic carbocycles. The number of carbonyl (C=O) groups excluding carboxylic acids is 1. The van der Waals surface area contributed by atoms with Crippen molar-refractivity contribution in [1.29, 1.82) is 0 Å². The molecule has 0 saturated carbocycles. The monoisotopic (exact) mass is 304 g/mol. The number of nitrogens with one attached hydrogen (secondary N) is 1. The minimum absolute atomic E-state index is 0.229. The number of nitrogens with two attached hydrogens (primary N) is 1. The average molecular weight is 305 g/mol. The molecule has 0 saturated heterocycles. The number of rotatable bonds is 4. The van der Waals surface area contributed by atoms with E-state index in [0.29, 0.717) is 28.6 Å². The second kappa shape index (κ2) is 6.50. The molecule has 0 aliphatic carbocycles. The molecule has 0 aliphatic heterocycles. The standard InChI is InChI=1S/C16H17ClN2O2/c1-3-21-13-6-4-11(5-7-13)16(20)19-15-10(2)8-12(18)9-14(15)17/h4-9H,3,18H2,1-2H3,(H,19,20). The zero-order valence-electron chi connectivity index (χ0n) is 11.9. The van der Waals surface area contributed by atoms with Crippen LogP contribution in [0.3, 0.4) is 0 Å². The van der Waals surface area contributed by atoms with Gasteiger partial charge in [-0.2, -0.15) is 0 Å². The molecule has 3 N–H and O–H groups in total. The van der Waals surface area contributed by atoms with E-state index in [2.05, 4.69) is 5.32 Å². The van der Waals surface area contributed by atoms with Crippen molar-refractivity contribution in [2.45, 2.75) is 13.8 Å². The molecule has 0 unspecified atom stereocenters. The van der Waals surface area contributed by atoms with Crippen LogP contribution in [0, 0.1) is 6.92 Å². The molecule has 0 atom stereocenters. The average Bonchev–Trinajstić information content (AvgIpc) is 2.43. The fraction of sp³-hybridized carbons (Fsp3) is 0.188. The predicted molar refractivity (Wildman–Crippen MR) is 86.2 cm³/mol. The fourth-order valence-electron chi connectivity index (χ4n) is 1.98. The summed E-state index contributed by atoms with van der Waals surface area (Å²) in [5.41, 5.74) is 8.20. The zero-order valence-corrected chi connectivity index (χ0v) is 12.7. The number of hydrogen-bond donors (Lipinski definition) is 2. The maximum Gasteiger partial charge on any atom is 0.255 e. The maximum absolute atomic E-state index is 12.2. The van der Waals surface area contributed by atoms with Gasteiger partial charge in [0.05, 0.1) is 17.3 Å².